The van der Waals surface area contributed by atoms with Crippen molar-refractivity contribution in [1.82, 2.24) is 15.0 Å². The highest BCUT2D eigenvalue weighted by molar-refractivity contribution is 5.95. The average Bonchev–Trinajstić information content (AvgIpc) is 3.26. The summed E-state index contributed by atoms with van der Waals surface area (Å²) in [6, 6.07) is 8.42. The molecule has 4 rings (SSSR count). The van der Waals surface area contributed by atoms with E-state index >= 15 is 0 Å². The molecule has 1 aromatic carbocycles. The van der Waals surface area contributed by atoms with Crippen molar-refractivity contribution in [2.45, 2.75) is 44.1 Å². The van der Waals surface area contributed by atoms with Gasteiger partial charge in [-0.05, 0) is 49.4 Å². The molecule has 1 fully saturated rings. The number of hydrogen-bond donors (Lipinski definition) is 3. The van der Waals surface area contributed by atoms with E-state index in [-0.39, 0.29) is 0 Å². The van der Waals surface area contributed by atoms with E-state index in [0.29, 0.717) is 5.95 Å². The van der Waals surface area contributed by atoms with Gasteiger partial charge in [0.15, 0.2) is 0 Å². The van der Waals surface area contributed by atoms with Gasteiger partial charge in [-0.1, -0.05) is 18.9 Å². The predicted octanol–water partition coefficient (Wildman–Crippen LogP) is 3.90. The molecular formula is C20H24N4O. The van der Waals surface area contributed by atoms with Crippen molar-refractivity contribution in [2.75, 3.05) is 12.4 Å². The molecule has 0 bridgehead atoms. The molecule has 2 aromatic heterocycles. The Labute approximate surface area is 147 Å². The molecule has 0 amide bonds. The van der Waals surface area contributed by atoms with E-state index in [1.165, 1.54) is 5.56 Å². The molecule has 3 aromatic rings. The molecule has 2 heterocycles. The first-order chi connectivity index (χ1) is 12.2. The Kier molecular flexibility index (Phi) is 4.17. The molecule has 5 nitrogen and oxygen atoms in total. The van der Waals surface area contributed by atoms with Gasteiger partial charge >= 0.3 is 0 Å². The quantitative estimate of drug-likeness (QED) is 0.660. The largest absolute Gasteiger partial charge is 0.390 e. The van der Waals surface area contributed by atoms with E-state index in [2.05, 4.69) is 38.5 Å². The lowest BCUT2D eigenvalue weighted by atomic mass is 9.93. The van der Waals surface area contributed by atoms with Crippen molar-refractivity contribution in [3.63, 3.8) is 0 Å². The van der Waals surface area contributed by atoms with Gasteiger partial charge in [0.2, 0.25) is 5.95 Å². The van der Waals surface area contributed by atoms with Gasteiger partial charge in [0.25, 0.3) is 0 Å². The first-order valence-electron chi connectivity index (χ1n) is 9.00. The van der Waals surface area contributed by atoms with Gasteiger partial charge in [0.1, 0.15) is 0 Å². The summed E-state index contributed by atoms with van der Waals surface area (Å²) >= 11 is 0. The summed E-state index contributed by atoms with van der Waals surface area (Å²) in [5, 5.41) is 14.7. The highest BCUT2D eigenvalue weighted by atomic mass is 16.3. The number of aliphatic hydroxyl groups is 1. The average molecular weight is 336 g/mol. The molecule has 5 heteroatoms. The van der Waals surface area contributed by atoms with Crippen molar-refractivity contribution >= 4 is 16.9 Å². The minimum absolute atomic E-state index is 0.454. The third kappa shape index (κ3) is 3.24. The zero-order valence-electron chi connectivity index (χ0n) is 14.5. The highest BCUT2D eigenvalue weighted by Gasteiger charge is 2.30. The van der Waals surface area contributed by atoms with Crippen LogP contribution in [0.3, 0.4) is 0 Å². The van der Waals surface area contributed by atoms with Gasteiger partial charge in [-0.3, -0.25) is 0 Å². The van der Waals surface area contributed by atoms with Crippen molar-refractivity contribution in [3.8, 4) is 11.3 Å². The van der Waals surface area contributed by atoms with Crippen LogP contribution in [0.4, 0.5) is 5.95 Å². The number of fused-ring (bicyclic) bond motifs is 1. The van der Waals surface area contributed by atoms with E-state index in [4.69, 9.17) is 0 Å². The Morgan fingerprint density at radius 3 is 2.88 bits per heavy atom. The second kappa shape index (κ2) is 6.48. The van der Waals surface area contributed by atoms with Crippen LogP contribution in [0.1, 0.15) is 37.7 Å². The van der Waals surface area contributed by atoms with E-state index in [1.54, 1.807) is 6.20 Å². The fourth-order valence-electron chi connectivity index (χ4n) is 3.82. The molecule has 0 radical (unpaired) electrons. The van der Waals surface area contributed by atoms with E-state index in [9.17, 15) is 5.11 Å². The number of H-pyrrole nitrogens is 1. The Morgan fingerprint density at radius 2 is 2.08 bits per heavy atom. The summed E-state index contributed by atoms with van der Waals surface area (Å²) in [6.07, 6.45) is 9.71. The van der Waals surface area contributed by atoms with Gasteiger partial charge < -0.3 is 15.4 Å². The van der Waals surface area contributed by atoms with Gasteiger partial charge in [-0.2, -0.15) is 0 Å². The third-order valence-electron chi connectivity index (χ3n) is 5.31. The van der Waals surface area contributed by atoms with Crippen molar-refractivity contribution in [2.24, 2.45) is 0 Å². The number of nitrogens with one attached hydrogen (secondary N) is 2. The van der Waals surface area contributed by atoms with Crippen LogP contribution in [0, 0.1) is 0 Å². The summed E-state index contributed by atoms with van der Waals surface area (Å²) in [7, 11) is 1.82. The maximum atomic E-state index is 10.6. The second-order valence-corrected chi connectivity index (χ2v) is 7.03. The minimum atomic E-state index is -0.454. The van der Waals surface area contributed by atoms with Gasteiger partial charge in [0.05, 0.1) is 11.3 Å². The standard InChI is InChI=1S/C20H24N4O/c1-21-19-22-11-7-18(24-19)16-13-23-17-5-4-14(12-15(16)17)6-10-20(25)8-2-3-9-20/h4-5,7,11-13,23,25H,2-3,6,8-10H2,1H3,(H,21,22,24). The third-order valence-corrected chi connectivity index (χ3v) is 5.31. The summed E-state index contributed by atoms with van der Waals surface area (Å²) in [6.45, 7) is 0. The molecule has 3 N–H and O–H groups in total. The molecule has 0 saturated heterocycles. The molecule has 25 heavy (non-hydrogen) atoms. The molecule has 1 aliphatic rings. The van der Waals surface area contributed by atoms with E-state index < -0.39 is 5.60 Å². The molecule has 0 spiro atoms. The monoisotopic (exact) mass is 336 g/mol. The first-order valence-corrected chi connectivity index (χ1v) is 9.00. The number of nitrogens with zero attached hydrogens (tertiary/aromatic N) is 2. The van der Waals surface area contributed by atoms with Crippen LogP contribution < -0.4 is 5.32 Å². The zero-order valence-corrected chi connectivity index (χ0v) is 14.5. The second-order valence-electron chi connectivity index (χ2n) is 7.03. The van der Waals surface area contributed by atoms with Crippen LogP contribution in [-0.2, 0) is 6.42 Å². The maximum absolute atomic E-state index is 10.6. The van der Waals surface area contributed by atoms with Crippen molar-refractivity contribution < 1.29 is 5.11 Å². The fourth-order valence-corrected chi connectivity index (χ4v) is 3.82. The number of aromatic amines is 1. The molecule has 0 aliphatic heterocycles. The smallest absolute Gasteiger partial charge is 0.222 e. The van der Waals surface area contributed by atoms with Crippen LogP contribution in [0.2, 0.25) is 0 Å². The lowest BCUT2D eigenvalue weighted by Crippen LogP contribution is -2.24. The molecular weight excluding hydrogens is 312 g/mol. The lowest BCUT2D eigenvalue weighted by Gasteiger charge is -2.21. The number of benzene rings is 1. The van der Waals surface area contributed by atoms with Crippen LogP contribution in [-0.4, -0.2) is 32.7 Å². The normalized spacial score (nSPS) is 16.4. The Hall–Kier alpha value is -2.40. The van der Waals surface area contributed by atoms with Crippen LogP contribution in [0.5, 0.6) is 0 Å². The number of rotatable bonds is 5. The summed E-state index contributed by atoms with van der Waals surface area (Å²) in [5.41, 5.74) is 3.89. The van der Waals surface area contributed by atoms with Crippen LogP contribution in [0.25, 0.3) is 22.2 Å². The number of anilines is 1. The van der Waals surface area contributed by atoms with E-state index in [0.717, 1.165) is 60.7 Å². The predicted molar refractivity (Wildman–Crippen MR) is 101 cm³/mol. The molecule has 1 saturated carbocycles. The van der Waals surface area contributed by atoms with Crippen molar-refractivity contribution in [3.05, 3.63) is 42.2 Å². The van der Waals surface area contributed by atoms with Gasteiger partial charge in [-0.15, -0.1) is 0 Å². The number of aryl methyl sites for hydroxylation is 1. The molecule has 1 aliphatic carbocycles. The Bertz CT molecular complexity index is 880. The molecule has 0 atom stereocenters. The van der Waals surface area contributed by atoms with E-state index in [1.807, 2.05) is 19.3 Å². The summed E-state index contributed by atoms with van der Waals surface area (Å²) < 4.78 is 0. The first kappa shape index (κ1) is 16.1. The highest BCUT2D eigenvalue weighted by Crippen LogP contribution is 2.34. The number of aromatic nitrogens is 3. The van der Waals surface area contributed by atoms with Gasteiger partial charge in [0, 0.05) is 35.9 Å². The summed E-state index contributed by atoms with van der Waals surface area (Å²) in [4.78, 5) is 12.1. The SMILES string of the molecule is CNc1nccc(-c2c[nH]c3ccc(CCC4(O)CCCC4)cc23)n1. The minimum Gasteiger partial charge on any atom is -0.390 e. The molecule has 130 valence electrons. The number of hydrogen-bond acceptors (Lipinski definition) is 4. The Morgan fingerprint density at radius 1 is 1.24 bits per heavy atom. The zero-order chi connectivity index (χ0) is 17.3. The summed E-state index contributed by atoms with van der Waals surface area (Å²) in [5.74, 6) is 0.617. The van der Waals surface area contributed by atoms with Crippen molar-refractivity contribution in [1.29, 1.82) is 0 Å². The van der Waals surface area contributed by atoms with Gasteiger partial charge in [-0.25, -0.2) is 9.97 Å². The maximum Gasteiger partial charge on any atom is 0.222 e. The molecule has 0 unspecified atom stereocenters. The fraction of sp³-hybridized carbons (Fsp3) is 0.400. The lowest BCUT2D eigenvalue weighted by molar-refractivity contribution is 0.0391. The Balaban J connectivity index is 1.63. The van der Waals surface area contributed by atoms with Crippen LogP contribution >= 0.6 is 0 Å². The van der Waals surface area contributed by atoms with Crippen LogP contribution in [0.15, 0.2) is 36.7 Å². The topological polar surface area (TPSA) is 73.8 Å².